The lowest BCUT2D eigenvalue weighted by molar-refractivity contribution is 0.502. The monoisotopic (exact) mass is 249 g/mol. The lowest BCUT2D eigenvalue weighted by Crippen LogP contribution is -2.33. The van der Waals surface area contributed by atoms with Gasteiger partial charge >= 0.3 is 0 Å². The summed E-state index contributed by atoms with van der Waals surface area (Å²) in [4.78, 5) is 6.79. The Morgan fingerprint density at radius 2 is 1.83 bits per heavy atom. The van der Waals surface area contributed by atoms with Crippen molar-refractivity contribution in [2.24, 2.45) is 5.92 Å². The summed E-state index contributed by atoms with van der Waals surface area (Å²) in [7, 11) is 2.11. The highest BCUT2D eigenvalue weighted by Gasteiger charge is 2.14. The summed E-state index contributed by atoms with van der Waals surface area (Å²) in [5, 5.41) is 3.40. The maximum atomic E-state index is 4.55. The van der Waals surface area contributed by atoms with Crippen LogP contribution >= 0.6 is 0 Å². The molecule has 0 radical (unpaired) electrons. The summed E-state index contributed by atoms with van der Waals surface area (Å²) in [6.45, 7) is 11.9. The van der Waals surface area contributed by atoms with Gasteiger partial charge in [-0.25, -0.2) is 4.98 Å². The van der Waals surface area contributed by atoms with Gasteiger partial charge in [0.05, 0.1) is 0 Å². The zero-order valence-corrected chi connectivity index (χ0v) is 12.6. The first kappa shape index (κ1) is 15.0. The minimum Gasteiger partial charge on any atom is -0.357 e. The van der Waals surface area contributed by atoms with Crippen LogP contribution < -0.4 is 10.2 Å². The van der Waals surface area contributed by atoms with Crippen molar-refractivity contribution in [2.45, 2.75) is 53.2 Å². The highest BCUT2D eigenvalue weighted by atomic mass is 15.2. The van der Waals surface area contributed by atoms with Crippen molar-refractivity contribution in [2.75, 3.05) is 11.9 Å². The van der Waals surface area contributed by atoms with E-state index in [4.69, 9.17) is 0 Å². The van der Waals surface area contributed by atoms with E-state index >= 15 is 0 Å². The van der Waals surface area contributed by atoms with E-state index < -0.39 is 0 Å². The number of aromatic nitrogens is 1. The predicted molar refractivity (Wildman–Crippen MR) is 78.9 cm³/mol. The van der Waals surface area contributed by atoms with Crippen LogP contribution in [-0.2, 0) is 6.54 Å². The zero-order valence-electron chi connectivity index (χ0n) is 12.6. The molecule has 0 aliphatic rings. The third-order valence-electron chi connectivity index (χ3n) is 3.46. The summed E-state index contributed by atoms with van der Waals surface area (Å²) >= 11 is 0. The molecule has 102 valence electrons. The normalized spacial score (nSPS) is 13.1. The summed E-state index contributed by atoms with van der Waals surface area (Å²) in [6, 6.07) is 5.27. The van der Waals surface area contributed by atoms with Gasteiger partial charge in [-0.05, 0) is 24.5 Å². The molecule has 0 saturated carbocycles. The topological polar surface area (TPSA) is 28.2 Å². The van der Waals surface area contributed by atoms with E-state index in [0.29, 0.717) is 18.0 Å². The molecule has 0 aromatic carbocycles. The molecule has 1 aromatic heterocycles. The number of rotatable bonds is 6. The number of hydrogen-bond acceptors (Lipinski definition) is 3. The van der Waals surface area contributed by atoms with Gasteiger partial charge in [0.1, 0.15) is 5.82 Å². The van der Waals surface area contributed by atoms with Crippen LogP contribution in [0.2, 0.25) is 0 Å². The van der Waals surface area contributed by atoms with Crippen molar-refractivity contribution in [1.29, 1.82) is 0 Å². The van der Waals surface area contributed by atoms with Gasteiger partial charge < -0.3 is 10.2 Å². The third-order valence-corrected chi connectivity index (χ3v) is 3.46. The van der Waals surface area contributed by atoms with Gasteiger partial charge in [0, 0.05) is 31.9 Å². The fourth-order valence-electron chi connectivity index (χ4n) is 1.71. The Labute approximate surface area is 112 Å². The second-order valence-corrected chi connectivity index (χ2v) is 5.66. The van der Waals surface area contributed by atoms with Crippen LogP contribution in [0.25, 0.3) is 0 Å². The minimum atomic E-state index is 0.497. The quantitative estimate of drug-likeness (QED) is 0.840. The highest BCUT2D eigenvalue weighted by molar-refractivity contribution is 5.39. The minimum absolute atomic E-state index is 0.497. The van der Waals surface area contributed by atoms with Crippen LogP contribution in [0.1, 0.15) is 40.2 Å². The molecule has 0 amide bonds. The predicted octanol–water partition coefficient (Wildman–Crippen LogP) is 3.06. The molecular formula is C15H27N3. The Hall–Kier alpha value is -1.09. The van der Waals surface area contributed by atoms with E-state index in [1.54, 1.807) is 0 Å². The molecule has 0 saturated heterocycles. The molecule has 3 heteroatoms. The van der Waals surface area contributed by atoms with Gasteiger partial charge in [0.2, 0.25) is 0 Å². The van der Waals surface area contributed by atoms with Crippen LogP contribution in [-0.4, -0.2) is 24.1 Å². The molecule has 0 bridgehead atoms. The average Bonchev–Trinajstić information content (AvgIpc) is 2.35. The molecule has 1 atom stereocenters. The molecule has 0 aliphatic carbocycles. The fourth-order valence-corrected chi connectivity index (χ4v) is 1.71. The molecular weight excluding hydrogens is 222 g/mol. The van der Waals surface area contributed by atoms with Crippen molar-refractivity contribution in [3.8, 4) is 0 Å². The molecule has 3 nitrogen and oxygen atoms in total. The zero-order chi connectivity index (χ0) is 13.7. The van der Waals surface area contributed by atoms with Crippen LogP contribution in [0.15, 0.2) is 18.3 Å². The SMILES string of the molecule is CC(C)NCc1ccc(N(C)C(C)C(C)C)nc1. The summed E-state index contributed by atoms with van der Waals surface area (Å²) < 4.78 is 0. The molecule has 1 heterocycles. The van der Waals surface area contributed by atoms with E-state index in [9.17, 15) is 0 Å². The van der Waals surface area contributed by atoms with E-state index in [2.05, 4.69) is 69.0 Å². The van der Waals surface area contributed by atoms with Gasteiger partial charge in [0.15, 0.2) is 0 Å². The van der Waals surface area contributed by atoms with Crippen molar-refractivity contribution in [3.05, 3.63) is 23.9 Å². The van der Waals surface area contributed by atoms with E-state index in [1.807, 2.05) is 6.20 Å². The van der Waals surface area contributed by atoms with Gasteiger partial charge in [-0.2, -0.15) is 0 Å². The molecule has 0 fully saturated rings. The van der Waals surface area contributed by atoms with Crippen molar-refractivity contribution < 1.29 is 0 Å². The number of nitrogens with one attached hydrogen (secondary N) is 1. The highest BCUT2D eigenvalue weighted by Crippen LogP contribution is 2.16. The summed E-state index contributed by atoms with van der Waals surface area (Å²) in [5.41, 5.74) is 1.23. The van der Waals surface area contributed by atoms with Gasteiger partial charge in [-0.1, -0.05) is 33.8 Å². The summed E-state index contributed by atoms with van der Waals surface area (Å²) in [5.74, 6) is 1.67. The first-order valence-corrected chi connectivity index (χ1v) is 6.83. The lowest BCUT2D eigenvalue weighted by Gasteiger charge is -2.29. The second kappa shape index (κ2) is 6.74. The van der Waals surface area contributed by atoms with Crippen molar-refractivity contribution >= 4 is 5.82 Å². The first-order chi connectivity index (χ1) is 8.41. The molecule has 1 N–H and O–H groups in total. The second-order valence-electron chi connectivity index (χ2n) is 5.66. The number of pyridine rings is 1. The van der Waals surface area contributed by atoms with E-state index in [-0.39, 0.29) is 0 Å². The summed E-state index contributed by atoms with van der Waals surface area (Å²) in [6.07, 6.45) is 1.97. The van der Waals surface area contributed by atoms with E-state index in [1.165, 1.54) is 5.56 Å². The number of nitrogens with zero attached hydrogens (tertiary/aromatic N) is 2. The maximum absolute atomic E-state index is 4.55. The molecule has 1 rings (SSSR count). The third kappa shape index (κ3) is 4.30. The lowest BCUT2D eigenvalue weighted by atomic mass is 10.1. The van der Waals surface area contributed by atoms with Crippen LogP contribution in [0, 0.1) is 5.92 Å². The Bertz CT molecular complexity index is 343. The van der Waals surface area contributed by atoms with Crippen LogP contribution in [0.5, 0.6) is 0 Å². The molecule has 18 heavy (non-hydrogen) atoms. The Balaban J connectivity index is 2.64. The van der Waals surface area contributed by atoms with Gasteiger partial charge in [-0.3, -0.25) is 0 Å². The maximum Gasteiger partial charge on any atom is 0.128 e. The average molecular weight is 249 g/mol. The Morgan fingerprint density at radius 3 is 2.28 bits per heavy atom. The first-order valence-electron chi connectivity index (χ1n) is 6.83. The number of hydrogen-bond donors (Lipinski definition) is 1. The Morgan fingerprint density at radius 1 is 1.17 bits per heavy atom. The van der Waals surface area contributed by atoms with E-state index in [0.717, 1.165) is 12.4 Å². The molecule has 1 aromatic rings. The van der Waals surface area contributed by atoms with Crippen LogP contribution in [0.4, 0.5) is 5.82 Å². The smallest absolute Gasteiger partial charge is 0.128 e. The largest absolute Gasteiger partial charge is 0.357 e. The van der Waals surface area contributed by atoms with Gasteiger partial charge in [0.25, 0.3) is 0 Å². The molecule has 0 spiro atoms. The van der Waals surface area contributed by atoms with Crippen molar-refractivity contribution in [1.82, 2.24) is 10.3 Å². The molecule has 1 unspecified atom stereocenters. The standard InChI is InChI=1S/C15H27N3/c1-11(2)13(5)18(6)15-8-7-14(10-17-15)9-16-12(3)4/h7-8,10-13,16H,9H2,1-6H3. The van der Waals surface area contributed by atoms with Crippen LogP contribution in [0.3, 0.4) is 0 Å². The van der Waals surface area contributed by atoms with Crippen molar-refractivity contribution in [3.63, 3.8) is 0 Å². The Kier molecular flexibility index (Phi) is 5.60. The van der Waals surface area contributed by atoms with Gasteiger partial charge in [-0.15, -0.1) is 0 Å². The fraction of sp³-hybridized carbons (Fsp3) is 0.667. The molecule has 0 aliphatic heterocycles. The number of anilines is 1.